The van der Waals surface area contributed by atoms with Crippen molar-refractivity contribution in [3.05, 3.63) is 43.2 Å². The molecule has 0 bridgehead atoms. The van der Waals surface area contributed by atoms with E-state index < -0.39 is 0 Å². The van der Waals surface area contributed by atoms with E-state index in [-0.39, 0.29) is 19.2 Å². The van der Waals surface area contributed by atoms with E-state index in [0.717, 1.165) is 0 Å². The Morgan fingerprint density at radius 1 is 0.842 bits per heavy atom. The quantitative estimate of drug-likeness (QED) is 0.490. The molecule has 0 saturated carbocycles. The average Bonchev–Trinajstić information content (AvgIpc) is 3.04. The molecule has 0 saturated heterocycles. The van der Waals surface area contributed by atoms with Crippen molar-refractivity contribution < 1.29 is 19.2 Å². The summed E-state index contributed by atoms with van der Waals surface area (Å²) in [6.45, 7) is 4.59. The Kier molecular flexibility index (Phi) is 6.40. The Bertz CT molecular complexity index is 381. The molecule has 2 rings (SSSR count). The van der Waals surface area contributed by atoms with Gasteiger partial charge in [0.2, 0.25) is 0 Å². The molecule has 0 aromatic rings. The summed E-state index contributed by atoms with van der Waals surface area (Å²) >= 11 is -0.0137. The molecule has 19 heavy (non-hydrogen) atoms. The molecule has 0 amide bonds. The standard InChI is InChI=1S/2C9H13.Ti/c2*1-2-3-6-9-7-4-5-8-9;/h2*4,7H,2-3,5-6H2,1H3;. The van der Waals surface area contributed by atoms with E-state index in [2.05, 4.69) is 38.2 Å². The van der Waals surface area contributed by atoms with Crippen molar-refractivity contribution in [2.24, 2.45) is 0 Å². The van der Waals surface area contributed by atoms with E-state index in [0.29, 0.717) is 0 Å². The average molecular weight is 290 g/mol. The second-order valence-corrected chi connectivity index (χ2v) is 7.83. The molecule has 0 unspecified atom stereocenters. The zero-order chi connectivity index (χ0) is 13.5. The minimum absolute atomic E-state index is 0.0137. The molecule has 2 aliphatic rings. The molecule has 0 aliphatic heterocycles. The molecule has 0 aromatic heterocycles. The van der Waals surface area contributed by atoms with Gasteiger partial charge in [0.15, 0.2) is 0 Å². The van der Waals surface area contributed by atoms with Crippen LogP contribution in [0.2, 0.25) is 0 Å². The summed E-state index contributed by atoms with van der Waals surface area (Å²) in [5.74, 6) is 0. The Labute approximate surface area is 127 Å². The normalized spacial score (nSPS) is 18.0. The molecule has 0 atom stereocenters. The molecule has 0 N–H and O–H groups in total. The third-order valence-corrected chi connectivity index (χ3v) is 6.54. The monoisotopic (exact) mass is 290 g/mol. The zero-order valence-electron chi connectivity index (χ0n) is 12.5. The summed E-state index contributed by atoms with van der Waals surface area (Å²) in [6, 6.07) is 0. The maximum atomic E-state index is 2.41. The van der Waals surface area contributed by atoms with Crippen LogP contribution in [-0.2, 0) is 19.2 Å². The second-order valence-electron chi connectivity index (χ2n) is 5.55. The Balaban J connectivity index is 1.99. The van der Waals surface area contributed by atoms with Gasteiger partial charge in [0, 0.05) is 0 Å². The van der Waals surface area contributed by atoms with Gasteiger partial charge in [-0.15, -0.1) is 0 Å². The van der Waals surface area contributed by atoms with Crippen LogP contribution in [0.25, 0.3) is 0 Å². The van der Waals surface area contributed by atoms with Crippen LogP contribution < -0.4 is 0 Å². The van der Waals surface area contributed by atoms with Crippen LogP contribution in [0.15, 0.2) is 43.2 Å². The number of allylic oxidation sites excluding steroid dienone is 8. The fraction of sp³-hybridized carbons (Fsp3) is 0.556. The van der Waals surface area contributed by atoms with Gasteiger partial charge >= 0.3 is 128 Å². The first-order valence-corrected chi connectivity index (χ1v) is 9.45. The van der Waals surface area contributed by atoms with Gasteiger partial charge in [0.05, 0.1) is 0 Å². The molecular weight excluding hydrogens is 264 g/mol. The summed E-state index contributed by atoms with van der Waals surface area (Å²) < 4.78 is 3.64. The molecule has 102 valence electrons. The summed E-state index contributed by atoms with van der Waals surface area (Å²) in [5.41, 5.74) is 3.38. The third-order valence-electron chi connectivity index (χ3n) is 3.96. The van der Waals surface area contributed by atoms with E-state index >= 15 is 0 Å². The SMILES string of the molecule is CCCCC1=[C]([Ti][C]2=C(CCCC)C=CC2)CC=C1. The number of rotatable bonds is 8. The van der Waals surface area contributed by atoms with E-state index in [1.54, 1.807) is 11.1 Å². The Morgan fingerprint density at radius 3 is 1.74 bits per heavy atom. The van der Waals surface area contributed by atoms with Crippen molar-refractivity contribution >= 4 is 0 Å². The van der Waals surface area contributed by atoms with Crippen LogP contribution in [0.1, 0.15) is 65.2 Å². The van der Waals surface area contributed by atoms with E-state index in [9.17, 15) is 0 Å². The molecule has 0 nitrogen and oxygen atoms in total. The van der Waals surface area contributed by atoms with Gasteiger partial charge in [0.1, 0.15) is 0 Å². The predicted molar refractivity (Wildman–Crippen MR) is 80.6 cm³/mol. The molecule has 1 heteroatoms. The maximum absolute atomic E-state index is 2.41. The molecule has 0 aromatic carbocycles. The van der Waals surface area contributed by atoms with Gasteiger partial charge in [-0.25, -0.2) is 0 Å². The van der Waals surface area contributed by atoms with Gasteiger partial charge < -0.3 is 0 Å². The van der Waals surface area contributed by atoms with Gasteiger partial charge in [-0.3, -0.25) is 0 Å². The van der Waals surface area contributed by atoms with Crippen molar-refractivity contribution in [3.8, 4) is 0 Å². The van der Waals surface area contributed by atoms with Crippen LogP contribution in [-0.4, -0.2) is 0 Å². The fourth-order valence-corrected chi connectivity index (χ4v) is 5.16. The molecule has 0 spiro atoms. The predicted octanol–water partition coefficient (Wildman–Crippen LogP) is 5.88. The number of hydrogen-bond donors (Lipinski definition) is 0. The van der Waals surface area contributed by atoms with Crippen molar-refractivity contribution in [3.63, 3.8) is 0 Å². The first kappa shape index (κ1) is 15.1. The van der Waals surface area contributed by atoms with Gasteiger partial charge in [0.25, 0.3) is 0 Å². The third kappa shape index (κ3) is 4.33. The fourth-order valence-electron chi connectivity index (χ4n) is 2.75. The van der Waals surface area contributed by atoms with Gasteiger partial charge in [-0.1, -0.05) is 0 Å². The topological polar surface area (TPSA) is 0 Å². The van der Waals surface area contributed by atoms with Gasteiger partial charge in [-0.2, -0.15) is 0 Å². The first-order chi connectivity index (χ1) is 9.35. The molecule has 2 aliphatic carbocycles. The summed E-state index contributed by atoms with van der Waals surface area (Å²) in [7, 11) is 0. The minimum atomic E-state index is -0.0137. The van der Waals surface area contributed by atoms with Crippen LogP contribution in [0.4, 0.5) is 0 Å². The zero-order valence-corrected chi connectivity index (χ0v) is 14.0. The van der Waals surface area contributed by atoms with Crippen LogP contribution >= 0.6 is 0 Å². The van der Waals surface area contributed by atoms with Crippen molar-refractivity contribution in [1.29, 1.82) is 0 Å². The van der Waals surface area contributed by atoms with E-state index in [4.69, 9.17) is 0 Å². The second kappa shape index (κ2) is 8.07. The Morgan fingerprint density at radius 2 is 1.32 bits per heavy atom. The van der Waals surface area contributed by atoms with Crippen molar-refractivity contribution in [2.75, 3.05) is 0 Å². The van der Waals surface area contributed by atoms with E-state index in [1.807, 2.05) is 7.76 Å². The number of hydrogen-bond acceptors (Lipinski definition) is 0. The summed E-state index contributed by atoms with van der Waals surface area (Å²) in [4.78, 5) is 0. The van der Waals surface area contributed by atoms with E-state index in [1.165, 1.54) is 51.4 Å². The van der Waals surface area contributed by atoms with Gasteiger partial charge in [-0.05, 0) is 0 Å². The van der Waals surface area contributed by atoms with Crippen LogP contribution in [0, 0.1) is 0 Å². The summed E-state index contributed by atoms with van der Waals surface area (Å²) in [6.07, 6.45) is 20.1. The van der Waals surface area contributed by atoms with Crippen LogP contribution in [0.3, 0.4) is 0 Å². The molecule has 0 fully saturated rings. The summed E-state index contributed by atoms with van der Waals surface area (Å²) in [5, 5.41) is 0. The van der Waals surface area contributed by atoms with Crippen molar-refractivity contribution in [1.82, 2.24) is 0 Å². The van der Waals surface area contributed by atoms with Crippen LogP contribution in [0.5, 0.6) is 0 Å². The Hall–Kier alpha value is -0.326. The molecule has 0 heterocycles. The number of unbranched alkanes of at least 4 members (excludes halogenated alkanes) is 2. The van der Waals surface area contributed by atoms with Crippen molar-refractivity contribution in [2.45, 2.75) is 65.2 Å². The molecule has 0 radical (unpaired) electrons. The molecular formula is C18H26Ti. The first-order valence-electron chi connectivity index (χ1n) is 7.89.